The fourth-order valence-corrected chi connectivity index (χ4v) is 3.74. The average Bonchev–Trinajstić information content (AvgIpc) is 2.85. The van der Waals surface area contributed by atoms with E-state index in [1.807, 2.05) is 97.9 Å². The van der Waals surface area contributed by atoms with Gasteiger partial charge >= 0.3 is 0 Å². The summed E-state index contributed by atoms with van der Waals surface area (Å²) in [5, 5.41) is 18.8. The molecule has 0 radical (unpaired) electrons. The van der Waals surface area contributed by atoms with Crippen LogP contribution in [0.2, 0.25) is 0 Å². The number of rotatable bonds is 9. The summed E-state index contributed by atoms with van der Waals surface area (Å²) in [7, 11) is 0. The van der Waals surface area contributed by atoms with Crippen LogP contribution in [-0.4, -0.2) is 24.2 Å². The Morgan fingerprint density at radius 2 is 1.64 bits per heavy atom. The zero-order valence-electron chi connectivity index (χ0n) is 18.6. The van der Waals surface area contributed by atoms with E-state index in [4.69, 9.17) is 4.74 Å². The predicted molar refractivity (Wildman–Crippen MR) is 132 cm³/mol. The van der Waals surface area contributed by atoms with Gasteiger partial charge < -0.3 is 20.5 Å². The number of nitrogens with one attached hydrogen (secondary N) is 2. The highest BCUT2D eigenvalue weighted by Crippen LogP contribution is 2.28. The van der Waals surface area contributed by atoms with Gasteiger partial charge in [-0.15, -0.1) is 0 Å². The first-order valence-electron chi connectivity index (χ1n) is 11.0. The lowest BCUT2D eigenvalue weighted by molar-refractivity contribution is -0.118. The minimum atomic E-state index is -0.606. The number of benzene rings is 4. The Labute approximate surface area is 194 Å². The second-order valence-electron chi connectivity index (χ2n) is 8.02. The van der Waals surface area contributed by atoms with Gasteiger partial charge in [0.15, 0.2) is 6.61 Å². The highest BCUT2D eigenvalue weighted by molar-refractivity contribution is 5.92. The second kappa shape index (κ2) is 10.8. The van der Waals surface area contributed by atoms with E-state index in [0.29, 0.717) is 18.8 Å². The molecule has 0 aliphatic heterocycles. The van der Waals surface area contributed by atoms with Gasteiger partial charge in [-0.3, -0.25) is 4.79 Å². The number of hydrogen-bond acceptors (Lipinski definition) is 4. The van der Waals surface area contributed by atoms with Crippen molar-refractivity contribution in [3.8, 4) is 5.75 Å². The molecular formula is C28H28N2O3. The minimum Gasteiger partial charge on any atom is -0.483 e. The summed E-state index contributed by atoms with van der Waals surface area (Å²) in [4.78, 5) is 12.4. The smallest absolute Gasteiger partial charge is 0.262 e. The Morgan fingerprint density at radius 3 is 2.42 bits per heavy atom. The SMILES string of the molecule is Cc1ccc(NC(=O)COc2ccc3ccccc3c2CNC[C@H](O)c2ccccc2)cc1. The molecule has 168 valence electrons. The summed E-state index contributed by atoms with van der Waals surface area (Å²) >= 11 is 0. The van der Waals surface area contributed by atoms with Crippen molar-refractivity contribution in [2.45, 2.75) is 19.6 Å². The first-order valence-corrected chi connectivity index (χ1v) is 11.0. The van der Waals surface area contributed by atoms with Crippen molar-refractivity contribution >= 4 is 22.4 Å². The Bertz CT molecular complexity index is 1210. The Kier molecular flexibility index (Phi) is 7.35. The molecule has 0 saturated carbocycles. The zero-order valence-corrected chi connectivity index (χ0v) is 18.6. The van der Waals surface area contributed by atoms with Gasteiger partial charge in [-0.1, -0.05) is 78.4 Å². The van der Waals surface area contributed by atoms with Gasteiger partial charge in [0.05, 0.1) is 6.10 Å². The van der Waals surface area contributed by atoms with Crippen LogP contribution in [0.15, 0.2) is 91.0 Å². The van der Waals surface area contributed by atoms with Gasteiger partial charge in [0.25, 0.3) is 5.91 Å². The number of aryl methyl sites for hydroxylation is 1. The van der Waals surface area contributed by atoms with E-state index in [-0.39, 0.29) is 12.5 Å². The minimum absolute atomic E-state index is 0.0914. The van der Waals surface area contributed by atoms with Crippen LogP contribution in [0.1, 0.15) is 22.8 Å². The molecule has 33 heavy (non-hydrogen) atoms. The summed E-state index contributed by atoms with van der Waals surface area (Å²) in [5.74, 6) is 0.430. The lowest BCUT2D eigenvalue weighted by Crippen LogP contribution is -2.23. The Morgan fingerprint density at radius 1 is 0.909 bits per heavy atom. The van der Waals surface area contributed by atoms with Crippen molar-refractivity contribution in [1.29, 1.82) is 0 Å². The van der Waals surface area contributed by atoms with Crippen molar-refractivity contribution in [2.24, 2.45) is 0 Å². The third-order valence-corrected chi connectivity index (χ3v) is 5.52. The summed E-state index contributed by atoms with van der Waals surface area (Å²) in [6.45, 7) is 2.81. The largest absolute Gasteiger partial charge is 0.483 e. The molecule has 0 saturated heterocycles. The summed E-state index contributed by atoms with van der Waals surface area (Å²) in [5.41, 5.74) is 3.70. The van der Waals surface area contributed by atoms with Crippen LogP contribution in [0.5, 0.6) is 5.75 Å². The van der Waals surface area contributed by atoms with Crippen LogP contribution in [0.25, 0.3) is 10.8 Å². The summed E-state index contributed by atoms with van der Waals surface area (Å²) in [6.07, 6.45) is -0.606. The molecule has 0 aliphatic carbocycles. The zero-order chi connectivity index (χ0) is 23.0. The molecule has 4 aromatic carbocycles. The number of anilines is 1. The van der Waals surface area contributed by atoms with Crippen LogP contribution in [0, 0.1) is 6.92 Å². The van der Waals surface area contributed by atoms with Crippen molar-refractivity contribution in [3.63, 3.8) is 0 Å². The monoisotopic (exact) mass is 440 g/mol. The van der Waals surface area contributed by atoms with Crippen molar-refractivity contribution in [1.82, 2.24) is 5.32 Å². The molecule has 3 N–H and O–H groups in total. The number of amides is 1. The number of ether oxygens (including phenoxy) is 1. The molecule has 0 heterocycles. The lowest BCUT2D eigenvalue weighted by Gasteiger charge is -2.17. The number of carbonyl (C=O) groups excluding carboxylic acids is 1. The van der Waals surface area contributed by atoms with Crippen LogP contribution >= 0.6 is 0 Å². The van der Waals surface area contributed by atoms with E-state index in [0.717, 1.165) is 33.2 Å². The van der Waals surface area contributed by atoms with Gasteiger partial charge in [0.2, 0.25) is 0 Å². The van der Waals surface area contributed by atoms with Crippen molar-refractivity contribution in [3.05, 3.63) is 108 Å². The fraction of sp³-hybridized carbons (Fsp3) is 0.179. The maximum absolute atomic E-state index is 12.4. The van der Waals surface area contributed by atoms with E-state index >= 15 is 0 Å². The standard InChI is InChI=1S/C28H28N2O3/c1-20-11-14-23(15-12-20)30-28(32)19-33-27-16-13-21-7-5-6-10-24(21)25(27)17-29-18-26(31)22-8-3-2-4-9-22/h2-16,26,29,31H,17-19H2,1H3,(H,30,32)/t26-/m0/s1. The number of carbonyl (C=O) groups is 1. The molecular weight excluding hydrogens is 412 g/mol. The van der Waals surface area contributed by atoms with Gasteiger partial charge in [-0.2, -0.15) is 0 Å². The molecule has 0 aromatic heterocycles. The van der Waals surface area contributed by atoms with E-state index in [9.17, 15) is 9.90 Å². The fourth-order valence-electron chi connectivity index (χ4n) is 3.74. The highest BCUT2D eigenvalue weighted by atomic mass is 16.5. The Balaban J connectivity index is 1.44. The number of fused-ring (bicyclic) bond motifs is 1. The molecule has 1 atom stereocenters. The van der Waals surface area contributed by atoms with Crippen molar-refractivity contribution in [2.75, 3.05) is 18.5 Å². The molecule has 1 amide bonds. The Hall–Kier alpha value is -3.67. The molecule has 5 heteroatoms. The van der Waals surface area contributed by atoms with E-state index < -0.39 is 6.10 Å². The quantitative estimate of drug-likeness (QED) is 0.343. The average molecular weight is 441 g/mol. The predicted octanol–water partition coefficient (Wildman–Crippen LogP) is 4.99. The lowest BCUT2D eigenvalue weighted by atomic mass is 10.0. The van der Waals surface area contributed by atoms with E-state index in [2.05, 4.69) is 10.6 Å². The summed E-state index contributed by atoms with van der Waals surface area (Å²) in [6, 6.07) is 29.2. The third kappa shape index (κ3) is 5.98. The van der Waals surface area contributed by atoms with E-state index in [1.54, 1.807) is 0 Å². The first kappa shape index (κ1) is 22.5. The molecule has 4 aromatic rings. The van der Waals surface area contributed by atoms with Crippen LogP contribution in [0.3, 0.4) is 0 Å². The first-order chi connectivity index (χ1) is 16.1. The number of aliphatic hydroxyl groups is 1. The van der Waals surface area contributed by atoms with Crippen LogP contribution < -0.4 is 15.4 Å². The maximum Gasteiger partial charge on any atom is 0.262 e. The van der Waals surface area contributed by atoms with Crippen LogP contribution in [-0.2, 0) is 11.3 Å². The number of aliphatic hydroxyl groups excluding tert-OH is 1. The highest BCUT2D eigenvalue weighted by Gasteiger charge is 2.13. The van der Waals surface area contributed by atoms with Gasteiger partial charge in [-0.05, 0) is 41.5 Å². The number of hydrogen-bond donors (Lipinski definition) is 3. The molecule has 0 aliphatic rings. The third-order valence-electron chi connectivity index (χ3n) is 5.52. The molecule has 0 spiro atoms. The van der Waals surface area contributed by atoms with Crippen LogP contribution in [0.4, 0.5) is 5.69 Å². The molecule has 0 bridgehead atoms. The van der Waals surface area contributed by atoms with E-state index in [1.165, 1.54) is 0 Å². The maximum atomic E-state index is 12.4. The topological polar surface area (TPSA) is 70.6 Å². The molecule has 4 rings (SSSR count). The molecule has 5 nitrogen and oxygen atoms in total. The summed E-state index contributed by atoms with van der Waals surface area (Å²) < 4.78 is 5.93. The molecule has 0 unspecified atom stereocenters. The molecule has 0 fully saturated rings. The van der Waals surface area contributed by atoms with Gasteiger partial charge in [0, 0.05) is 24.3 Å². The normalized spacial score (nSPS) is 11.8. The van der Waals surface area contributed by atoms with Gasteiger partial charge in [0.1, 0.15) is 5.75 Å². The van der Waals surface area contributed by atoms with Gasteiger partial charge in [-0.25, -0.2) is 0 Å². The van der Waals surface area contributed by atoms with Crippen molar-refractivity contribution < 1.29 is 14.6 Å². The second-order valence-corrected chi connectivity index (χ2v) is 8.02.